The van der Waals surface area contributed by atoms with Gasteiger partial charge in [-0.3, -0.25) is 14.9 Å². The molecule has 0 radical (unpaired) electrons. The summed E-state index contributed by atoms with van der Waals surface area (Å²) in [4.78, 5) is 24.2. The van der Waals surface area contributed by atoms with Crippen molar-refractivity contribution in [3.05, 3.63) is 27.9 Å². The number of hydrogen-bond donors (Lipinski definition) is 1. The van der Waals surface area contributed by atoms with Crippen LogP contribution in [-0.4, -0.2) is 28.0 Å². The molecule has 1 rings (SSSR count). The lowest BCUT2D eigenvalue weighted by Crippen LogP contribution is -2.37. The first-order valence-electron chi connectivity index (χ1n) is 6.05. The second kappa shape index (κ2) is 6.16. The number of ether oxygens (including phenoxy) is 1. The average molecular weight is 321 g/mol. The predicted octanol–water partition coefficient (Wildman–Crippen LogP) is 2.76. The number of anilines is 1. The minimum atomic E-state index is -4.73. The van der Waals surface area contributed by atoms with Gasteiger partial charge < -0.3 is 10.1 Å². The molecule has 1 aromatic heterocycles. The maximum absolute atomic E-state index is 12.6. The molecule has 0 aliphatic carbocycles. The summed E-state index contributed by atoms with van der Waals surface area (Å²) in [5.41, 5.74) is -2.99. The summed E-state index contributed by atoms with van der Waals surface area (Å²) in [6, 6.07) is 0.400. The van der Waals surface area contributed by atoms with Crippen molar-refractivity contribution < 1.29 is 27.6 Å². The molecule has 1 N–H and O–H groups in total. The molecular weight excluding hydrogens is 307 g/mol. The molecule has 22 heavy (non-hydrogen) atoms. The molecule has 1 aromatic rings. The summed E-state index contributed by atoms with van der Waals surface area (Å²) in [6.45, 7) is 4.16. The molecule has 1 heterocycles. The van der Waals surface area contributed by atoms with Crippen molar-refractivity contribution in [3.63, 3.8) is 0 Å². The molecule has 0 atom stereocenters. The Kier molecular flexibility index (Phi) is 4.94. The highest BCUT2D eigenvalue weighted by Crippen LogP contribution is 2.34. The Morgan fingerprint density at radius 2 is 2.05 bits per heavy atom. The fourth-order valence-corrected chi connectivity index (χ4v) is 1.48. The first kappa shape index (κ1) is 17.7. The predicted molar refractivity (Wildman–Crippen MR) is 70.2 cm³/mol. The second-order valence-electron chi connectivity index (χ2n) is 5.14. The highest BCUT2D eigenvalue weighted by atomic mass is 19.4. The molecule has 0 unspecified atom stereocenters. The number of hydrogen-bond acceptors (Lipinski definition) is 6. The lowest BCUT2D eigenvalue weighted by Gasteiger charge is -2.26. The van der Waals surface area contributed by atoms with Gasteiger partial charge in [0, 0.05) is 19.2 Å². The van der Waals surface area contributed by atoms with Gasteiger partial charge in [-0.25, -0.2) is 4.98 Å². The third kappa shape index (κ3) is 4.86. The third-order valence-corrected chi connectivity index (χ3v) is 2.48. The summed E-state index contributed by atoms with van der Waals surface area (Å²) in [6.07, 6.45) is -4.24. The SMILES string of the molecule is CC(=O)OCC(C)(C)Nc1ncc(C(F)(F)F)cc1[N+](=O)[O-]. The van der Waals surface area contributed by atoms with Crippen LogP contribution in [0, 0.1) is 10.1 Å². The lowest BCUT2D eigenvalue weighted by molar-refractivity contribution is -0.384. The Morgan fingerprint density at radius 3 is 2.50 bits per heavy atom. The average Bonchev–Trinajstić information content (AvgIpc) is 2.35. The van der Waals surface area contributed by atoms with Crippen LogP contribution in [0.1, 0.15) is 26.3 Å². The number of nitro groups is 1. The van der Waals surface area contributed by atoms with Gasteiger partial charge in [0.2, 0.25) is 5.82 Å². The van der Waals surface area contributed by atoms with Gasteiger partial charge in [-0.2, -0.15) is 13.2 Å². The molecule has 0 spiro atoms. The van der Waals surface area contributed by atoms with Crippen molar-refractivity contribution in [2.75, 3.05) is 11.9 Å². The zero-order valence-electron chi connectivity index (χ0n) is 12.0. The van der Waals surface area contributed by atoms with Crippen molar-refractivity contribution >= 4 is 17.5 Å². The largest absolute Gasteiger partial charge is 0.463 e. The summed E-state index contributed by atoms with van der Waals surface area (Å²) >= 11 is 0. The van der Waals surface area contributed by atoms with Crippen LogP contribution in [0.15, 0.2) is 12.3 Å². The Bertz CT molecular complexity index is 587. The number of esters is 1. The molecule has 7 nitrogen and oxygen atoms in total. The van der Waals surface area contributed by atoms with E-state index in [-0.39, 0.29) is 12.4 Å². The minimum absolute atomic E-state index is 0.137. The molecule has 0 aliphatic heterocycles. The second-order valence-corrected chi connectivity index (χ2v) is 5.14. The topological polar surface area (TPSA) is 94.4 Å². The summed E-state index contributed by atoms with van der Waals surface area (Å²) in [5, 5.41) is 13.5. The van der Waals surface area contributed by atoms with Gasteiger partial charge in [0.05, 0.1) is 16.0 Å². The molecule has 0 saturated carbocycles. The van der Waals surface area contributed by atoms with Crippen LogP contribution in [0.5, 0.6) is 0 Å². The standard InChI is InChI=1S/C12H14F3N3O4/c1-7(19)22-6-11(2,3)17-10-9(18(20)21)4-8(5-16-10)12(13,14)15/h4-5H,6H2,1-3H3,(H,16,17). The number of carbonyl (C=O) groups is 1. The molecule has 0 saturated heterocycles. The van der Waals surface area contributed by atoms with Gasteiger partial charge in [-0.15, -0.1) is 0 Å². The summed E-state index contributed by atoms with van der Waals surface area (Å²) in [7, 11) is 0. The molecular formula is C12H14F3N3O4. The molecule has 0 bridgehead atoms. The molecule has 0 amide bonds. The van der Waals surface area contributed by atoms with E-state index >= 15 is 0 Å². The highest BCUT2D eigenvalue weighted by molar-refractivity contribution is 5.66. The van der Waals surface area contributed by atoms with Gasteiger partial charge in [-0.05, 0) is 13.8 Å². The normalized spacial score (nSPS) is 11.9. The fourth-order valence-electron chi connectivity index (χ4n) is 1.48. The number of nitrogens with zero attached hydrogens (tertiary/aromatic N) is 2. The number of nitrogens with one attached hydrogen (secondary N) is 1. The van der Waals surface area contributed by atoms with E-state index in [1.165, 1.54) is 6.92 Å². The quantitative estimate of drug-likeness (QED) is 0.509. The van der Waals surface area contributed by atoms with Crippen molar-refractivity contribution in [1.29, 1.82) is 0 Å². The van der Waals surface area contributed by atoms with E-state index in [0.29, 0.717) is 12.3 Å². The Hall–Kier alpha value is -2.39. The maximum atomic E-state index is 12.6. The van der Waals surface area contributed by atoms with Crippen molar-refractivity contribution in [2.45, 2.75) is 32.5 Å². The van der Waals surface area contributed by atoms with Crippen LogP contribution in [0.4, 0.5) is 24.7 Å². The van der Waals surface area contributed by atoms with Gasteiger partial charge in [-0.1, -0.05) is 0 Å². The molecule has 10 heteroatoms. The van der Waals surface area contributed by atoms with E-state index in [1.807, 2.05) is 0 Å². The zero-order chi connectivity index (χ0) is 17.1. The first-order valence-corrected chi connectivity index (χ1v) is 6.05. The number of carbonyl (C=O) groups excluding carboxylic acids is 1. The Balaban J connectivity index is 3.09. The van der Waals surface area contributed by atoms with Crippen molar-refractivity contribution in [3.8, 4) is 0 Å². The third-order valence-electron chi connectivity index (χ3n) is 2.48. The summed E-state index contributed by atoms with van der Waals surface area (Å²) < 4.78 is 42.5. The monoisotopic (exact) mass is 321 g/mol. The molecule has 0 aromatic carbocycles. The van der Waals surface area contributed by atoms with Crippen molar-refractivity contribution in [2.24, 2.45) is 0 Å². The maximum Gasteiger partial charge on any atom is 0.418 e. The van der Waals surface area contributed by atoms with E-state index in [1.54, 1.807) is 13.8 Å². The van der Waals surface area contributed by atoms with Crippen LogP contribution in [0.2, 0.25) is 0 Å². The number of alkyl halides is 3. The zero-order valence-corrected chi connectivity index (χ0v) is 12.0. The number of aromatic nitrogens is 1. The van der Waals surface area contributed by atoms with E-state index in [4.69, 9.17) is 4.74 Å². The molecule has 122 valence electrons. The van der Waals surface area contributed by atoms with Gasteiger partial charge in [0.15, 0.2) is 0 Å². The van der Waals surface area contributed by atoms with E-state index in [0.717, 1.165) is 0 Å². The smallest absolute Gasteiger partial charge is 0.418 e. The minimum Gasteiger partial charge on any atom is -0.463 e. The number of rotatable bonds is 5. The van der Waals surface area contributed by atoms with Gasteiger partial charge in [0.25, 0.3) is 0 Å². The Labute approximate surface area is 123 Å². The van der Waals surface area contributed by atoms with Gasteiger partial charge in [0.1, 0.15) is 6.61 Å². The fraction of sp³-hybridized carbons (Fsp3) is 0.500. The molecule has 0 fully saturated rings. The number of pyridine rings is 1. The van der Waals surface area contributed by atoms with Crippen LogP contribution in [-0.2, 0) is 15.7 Å². The van der Waals surface area contributed by atoms with E-state index < -0.39 is 33.9 Å². The molecule has 0 aliphatic rings. The van der Waals surface area contributed by atoms with E-state index in [2.05, 4.69) is 10.3 Å². The first-order chi connectivity index (χ1) is 9.92. The van der Waals surface area contributed by atoms with Crippen LogP contribution >= 0.6 is 0 Å². The van der Waals surface area contributed by atoms with Crippen LogP contribution in [0.25, 0.3) is 0 Å². The number of halogens is 3. The highest BCUT2D eigenvalue weighted by Gasteiger charge is 2.34. The van der Waals surface area contributed by atoms with Crippen LogP contribution in [0.3, 0.4) is 0 Å². The lowest BCUT2D eigenvalue weighted by atomic mass is 10.1. The summed E-state index contributed by atoms with van der Waals surface area (Å²) in [5.74, 6) is -0.889. The van der Waals surface area contributed by atoms with Crippen molar-refractivity contribution in [1.82, 2.24) is 4.98 Å². The van der Waals surface area contributed by atoms with Crippen LogP contribution < -0.4 is 5.32 Å². The Morgan fingerprint density at radius 1 is 1.45 bits per heavy atom. The van der Waals surface area contributed by atoms with E-state index in [9.17, 15) is 28.1 Å². The van der Waals surface area contributed by atoms with Gasteiger partial charge >= 0.3 is 17.8 Å².